The van der Waals surface area contributed by atoms with Gasteiger partial charge >= 0.3 is 6.36 Å². The maximum Gasteiger partial charge on any atom is 0.574 e. The van der Waals surface area contributed by atoms with Crippen LogP contribution in [0.3, 0.4) is 0 Å². The summed E-state index contributed by atoms with van der Waals surface area (Å²) in [6.45, 7) is 5.54. The molecule has 0 aliphatic carbocycles. The van der Waals surface area contributed by atoms with Crippen molar-refractivity contribution in [2.45, 2.75) is 33.1 Å². The monoisotopic (exact) mass is 219 g/mol. The molecule has 5 heteroatoms. The van der Waals surface area contributed by atoms with Crippen LogP contribution in [0.2, 0.25) is 0 Å². The van der Waals surface area contributed by atoms with E-state index in [0.717, 1.165) is 5.56 Å². The number of ether oxygens (including phenoxy) is 1. The normalized spacial score (nSPS) is 11.9. The Kier molecular flexibility index (Phi) is 3.21. The second kappa shape index (κ2) is 4.08. The zero-order valence-corrected chi connectivity index (χ0v) is 8.72. The van der Waals surface area contributed by atoms with Crippen LogP contribution in [0.4, 0.5) is 13.2 Å². The van der Waals surface area contributed by atoms with E-state index in [1.165, 1.54) is 6.07 Å². The van der Waals surface area contributed by atoms with E-state index in [9.17, 15) is 13.2 Å². The lowest BCUT2D eigenvalue weighted by molar-refractivity contribution is -0.276. The molecule has 1 aromatic heterocycles. The second-order valence-electron chi connectivity index (χ2n) is 3.55. The fraction of sp³-hybridized carbons (Fsp3) is 0.500. The maximum atomic E-state index is 11.9. The first-order chi connectivity index (χ1) is 6.79. The lowest BCUT2D eigenvalue weighted by Crippen LogP contribution is -2.18. The molecular weight excluding hydrogens is 207 g/mol. The summed E-state index contributed by atoms with van der Waals surface area (Å²) in [7, 11) is 0. The van der Waals surface area contributed by atoms with Crippen LogP contribution in [-0.2, 0) is 0 Å². The number of pyridine rings is 1. The fourth-order valence-corrected chi connectivity index (χ4v) is 1.29. The molecule has 0 radical (unpaired) electrons. The van der Waals surface area contributed by atoms with Gasteiger partial charge in [-0.1, -0.05) is 19.9 Å². The van der Waals surface area contributed by atoms with Crippen LogP contribution in [0, 0.1) is 6.92 Å². The summed E-state index contributed by atoms with van der Waals surface area (Å²) >= 11 is 0. The van der Waals surface area contributed by atoms with Gasteiger partial charge in [0.1, 0.15) is 0 Å². The third-order valence-corrected chi connectivity index (χ3v) is 1.88. The summed E-state index contributed by atoms with van der Waals surface area (Å²) in [6, 6.07) is 2.79. The summed E-state index contributed by atoms with van der Waals surface area (Å²) in [5.41, 5.74) is 1.48. The Morgan fingerprint density at radius 2 is 1.87 bits per heavy atom. The van der Waals surface area contributed by atoms with Crippen LogP contribution in [0.1, 0.15) is 31.0 Å². The lowest BCUT2D eigenvalue weighted by Gasteiger charge is -2.12. The zero-order valence-electron chi connectivity index (χ0n) is 8.72. The molecule has 0 aliphatic rings. The standard InChI is InChI=1S/C10H12F3NO/c1-6(2)9-7(3)4-5-8(14-9)15-10(11,12)13/h4-6H,1-3H3. The lowest BCUT2D eigenvalue weighted by atomic mass is 10.1. The predicted molar refractivity (Wildman–Crippen MR) is 49.7 cm³/mol. The molecule has 0 spiro atoms. The minimum atomic E-state index is -4.68. The summed E-state index contributed by atoms with van der Waals surface area (Å²) in [4.78, 5) is 3.81. The number of nitrogens with zero attached hydrogens (tertiary/aromatic N) is 1. The molecule has 0 atom stereocenters. The van der Waals surface area contributed by atoms with Gasteiger partial charge < -0.3 is 4.74 Å². The molecule has 0 N–H and O–H groups in total. The van der Waals surface area contributed by atoms with Gasteiger partial charge in [-0.25, -0.2) is 4.98 Å². The van der Waals surface area contributed by atoms with Crippen molar-refractivity contribution < 1.29 is 17.9 Å². The molecule has 1 heterocycles. The highest BCUT2D eigenvalue weighted by molar-refractivity contribution is 5.26. The van der Waals surface area contributed by atoms with Crippen LogP contribution < -0.4 is 4.74 Å². The highest BCUT2D eigenvalue weighted by Gasteiger charge is 2.31. The molecule has 0 aromatic carbocycles. The first-order valence-electron chi connectivity index (χ1n) is 4.53. The van der Waals surface area contributed by atoms with E-state index in [2.05, 4.69) is 9.72 Å². The first-order valence-corrected chi connectivity index (χ1v) is 4.53. The van der Waals surface area contributed by atoms with E-state index in [1.54, 1.807) is 13.0 Å². The van der Waals surface area contributed by atoms with Gasteiger partial charge in [-0.05, 0) is 18.4 Å². The number of halogens is 3. The number of alkyl halides is 3. The van der Waals surface area contributed by atoms with Gasteiger partial charge in [-0.15, -0.1) is 13.2 Å². The highest BCUT2D eigenvalue weighted by Crippen LogP contribution is 2.24. The van der Waals surface area contributed by atoms with E-state index in [-0.39, 0.29) is 5.92 Å². The molecule has 0 aliphatic heterocycles. The average molecular weight is 219 g/mol. The number of hydrogen-bond donors (Lipinski definition) is 0. The van der Waals surface area contributed by atoms with E-state index in [4.69, 9.17) is 0 Å². The van der Waals surface area contributed by atoms with Crippen molar-refractivity contribution >= 4 is 0 Å². The van der Waals surface area contributed by atoms with E-state index in [0.29, 0.717) is 5.69 Å². The number of aromatic nitrogens is 1. The van der Waals surface area contributed by atoms with Crippen LogP contribution in [0.5, 0.6) is 5.88 Å². The molecular formula is C10H12F3NO. The van der Waals surface area contributed by atoms with Crippen molar-refractivity contribution in [1.82, 2.24) is 4.98 Å². The third-order valence-electron chi connectivity index (χ3n) is 1.88. The molecule has 0 bridgehead atoms. The van der Waals surface area contributed by atoms with Crippen molar-refractivity contribution in [2.24, 2.45) is 0 Å². The molecule has 0 saturated carbocycles. The minimum absolute atomic E-state index is 0.0711. The van der Waals surface area contributed by atoms with Gasteiger partial charge in [0.25, 0.3) is 0 Å². The molecule has 84 valence electrons. The average Bonchev–Trinajstić information content (AvgIpc) is 2.05. The van der Waals surface area contributed by atoms with Gasteiger partial charge in [0.05, 0.1) is 0 Å². The highest BCUT2D eigenvalue weighted by atomic mass is 19.4. The van der Waals surface area contributed by atoms with Crippen LogP contribution in [-0.4, -0.2) is 11.3 Å². The van der Waals surface area contributed by atoms with Gasteiger partial charge in [0, 0.05) is 11.8 Å². The molecule has 0 amide bonds. The Labute approximate surface area is 86.1 Å². The Morgan fingerprint density at radius 1 is 1.27 bits per heavy atom. The summed E-state index contributed by atoms with van der Waals surface area (Å²) in [6.07, 6.45) is -4.68. The zero-order chi connectivity index (χ0) is 11.6. The van der Waals surface area contributed by atoms with Gasteiger partial charge in [-0.2, -0.15) is 0 Å². The summed E-state index contributed by atoms with van der Waals surface area (Å²) < 4.78 is 39.5. The van der Waals surface area contributed by atoms with Crippen LogP contribution >= 0.6 is 0 Å². The van der Waals surface area contributed by atoms with E-state index in [1.807, 2.05) is 13.8 Å². The quantitative estimate of drug-likeness (QED) is 0.760. The van der Waals surface area contributed by atoms with Crippen molar-refractivity contribution in [2.75, 3.05) is 0 Å². The third kappa shape index (κ3) is 3.42. The Morgan fingerprint density at radius 3 is 2.33 bits per heavy atom. The number of rotatable bonds is 2. The smallest absolute Gasteiger partial charge is 0.388 e. The molecule has 0 saturated heterocycles. The minimum Gasteiger partial charge on any atom is -0.388 e. The van der Waals surface area contributed by atoms with Crippen LogP contribution in [0.15, 0.2) is 12.1 Å². The van der Waals surface area contributed by atoms with Gasteiger partial charge in [0.15, 0.2) is 0 Å². The van der Waals surface area contributed by atoms with Crippen LogP contribution in [0.25, 0.3) is 0 Å². The van der Waals surface area contributed by atoms with Gasteiger partial charge in [-0.3, -0.25) is 0 Å². The SMILES string of the molecule is Cc1ccc(OC(F)(F)F)nc1C(C)C. The van der Waals surface area contributed by atoms with Gasteiger partial charge in [0.2, 0.25) is 5.88 Å². The molecule has 0 fully saturated rings. The Hall–Kier alpha value is -1.26. The topological polar surface area (TPSA) is 22.1 Å². The molecule has 1 aromatic rings. The summed E-state index contributed by atoms with van der Waals surface area (Å²) in [5, 5.41) is 0. The summed E-state index contributed by atoms with van der Waals surface area (Å²) in [5.74, 6) is -0.335. The number of aryl methyl sites for hydroxylation is 1. The fourth-order valence-electron chi connectivity index (χ4n) is 1.29. The Balaban J connectivity index is 2.98. The predicted octanol–water partition coefficient (Wildman–Crippen LogP) is 3.41. The van der Waals surface area contributed by atoms with E-state index >= 15 is 0 Å². The van der Waals surface area contributed by atoms with Crippen molar-refractivity contribution in [3.8, 4) is 5.88 Å². The maximum absolute atomic E-state index is 11.9. The molecule has 2 nitrogen and oxygen atoms in total. The van der Waals surface area contributed by atoms with Crippen molar-refractivity contribution in [1.29, 1.82) is 0 Å². The number of hydrogen-bond acceptors (Lipinski definition) is 2. The van der Waals surface area contributed by atoms with Crippen molar-refractivity contribution in [3.63, 3.8) is 0 Å². The second-order valence-corrected chi connectivity index (χ2v) is 3.55. The largest absolute Gasteiger partial charge is 0.574 e. The molecule has 15 heavy (non-hydrogen) atoms. The first kappa shape index (κ1) is 11.8. The molecule has 1 rings (SSSR count). The van der Waals surface area contributed by atoms with Crippen molar-refractivity contribution in [3.05, 3.63) is 23.4 Å². The Bertz CT molecular complexity index is 347. The molecule has 0 unspecified atom stereocenters. The van der Waals surface area contributed by atoms with E-state index < -0.39 is 12.2 Å².